The van der Waals surface area contributed by atoms with Crippen LogP contribution in [0.3, 0.4) is 0 Å². The molecule has 2 amide bonds. The number of aryl methyl sites for hydroxylation is 2. The number of rotatable bonds is 4. The van der Waals surface area contributed by atoms with Gasteiger partial charge in [0.2, 0.25) is 0 Å². The lowest BCUT2D eigenvalue weighted by Crippen LogP contribution is -2.34. The molecule has 2 aromatic rings. The van der Waals surface area contributed by atoms with Crippen LogP contribution >= 0.6 is 0 Å². The highest BCUT2D eigenvalue weighted by molar-refractivity contribution is 5.89. The molecule has 0 saturated carbocycles. The lowest BCUT2D eigenvalue weighted by molar-refractivity contribution is 0.251. The largest absolute Gasteiger partial charge is 0.336 e. The first-order valence-corrected chi connectivity index (χ1v) is 7.52. The summed E-state index contributed by atoms with van der Waals surface area (Å²) < 4.78 is 14.2. The second-order valence-electron chi connectivity index (χ2n) is 5.42. The smallest absolute Gasteiger partial charge is 0.319 e. The molecular weight excluding hydrogens is 299 g/mol. The summed E-state index contributed by atoms with van der Waals surface area (Å²) in [6.07, 6.45) is 2.84. The molecule has 0 fully saturated rings. The van der Waals surface area contributed by atoms with Gasteiger partial charge in [-0.05, 0) is 49.1 Å². The minimum atomic E-state index is -0.411. The minimum absolute atomic E-state index is 0.147. The molecule has 0 saturated heterocycles. The van der Waals surface area contributed by atoms with E-state index in [2.05, 4.69) is 15.7 Å². The molecule has 0 atom stereocenters. The Morgan fingerprint density at radius 1 is 1.26 bits per heavy atom. The quantitative estimate of drug-likeness (QED) is 0.901. The Labute approximate surface area is 132 Å². The van der Waals surface area contributed by atoms with E-state index in [4.69, 9.17) is 0 Å². The summed E-state index contributed by atoms with van der Waals surface area (Å²) in [6, 6.07) is 6.70. The van der Waals surface area contributed by atoms with E-state index in [1.165, 1.54) is 28.9 Å². The molecule has 0 aliphatic heterocycles. The van der Waals surface area contributed by atoms with Gasteiger partial charge >= 0.3 is 6.03 Å². The Hall–Kier alpha value is -2.70. The van der Waals surface area contributed by atoms with E-state index in [0.717, 1.165) is 30.5 Å². The molecule has 1 aliphatic rings. The summed E-state index contributed by atoms with van der Waals surface area (Å²) in [6.45, 7) is 0.585. The van der Waals surface area contributed by atoms with Crippen LogP contribution in [0.4, 0.5) is 14.9 Å². The highest BCUT2D eigenvalue weighted by atomic mass is 19.1. The fourth-order valence-corrected chi connectivity index (χ4v) is 2.58. The Balaban J connectivity index is 1.52. The lowest BCUT2D eigenvalue weighted by Gasteiger charge is -2.09. The van der Waals surface area contributed by atoms with E-state index >= 15 is 0 Å². The molecule has 1 aliphatic carbocycles. The van der Waals surface area contributed by atoms with Crippen molar-refractivity contribution < 1.29 is 9.18 Å². The molecule has 0 bridgehead atoms. The van der Waals surface area contributed by atoms with Gasteiger partial charge in [-0.15, -0.1) is 0 Å². The van der Waals surface area contributed by atoms with Crippen LogP contribution in [-0.2, 0) is 19.4 Å². The molecule has 7 heteroatoms. The van der Waals surface area contributed by atoms with Gasteiger partial charge in [0.15, 0.2) is 0 Å². The number of hydrogen-bond acceptors (Lipinski definition) is 3. The van der Waals surface area contributed by atoms with Gasteiger partial charge in [0.1, 0.15) is 5.82 Å². The number of carbonyl (C=O) groups is 1. The zero-order valence-corrected chi connectivity index (χ0v) is 12.5. The van der Waals surface area contributed by atoms with E-state index in [9.17, 15) is 14.0 Å². The zero-order chi connectivity index (χ0) is 16.2. The van der Waals surface area contributed by atoms with Gasteiger partial charge in [-0.1, -0.05) is 0 Å². The van der Waals surface area contributed by atoms with Crippen molar-refractivity contribution in [3.8, 4) is 0 Å². The number of nitrogens with zero attached hydrogens (tertiary/aromatic N) is 2. The summed E-state index contributed by atoms with van der Waals surface area (Å²) in [4.78, 5) is 23.7. The van der Waals surface area contributed by atoms with Crippen molar-refractivity contribution in [3.63, 3.8) is 0 Å². The fraction of sp³-hybridized carbons (Fsp3) is 0.312. The predicted octanol–water partition coefficient (Wildman–Crippen LogP) is 1.69. The number of fused-ring (bicyclic) bond motifs is 1. The van der Waals surface area contributed by atoms with Gasteiger partial charge in [-0.3, -0.25) is 4.79 Å². The number of benzene rings is 1. The first-order chi connectivity index (χ1) is 11.1. The maximum Gasteiger partial charge on any atom is 0.319 e. The van der Waals surface area contributed by atoms with Crippen LogP contribution in [0.2, 0.25) is 0 Å². The van der Waals surface area contributed by atoms with E-state index in [-0.39, 0.29) is 17.9 Å². The SMILES string of the molecule is O=C(NCCn1nc2c(cc1=O)CCC2)Nc1ccc(F)cc1. The lowest BCUT2D eigenvalue weighted by atomic mass is 10.2. The number of halogens is 1. The van der Waals surface area contributed by atoms with Crippen molar-refractivity contribution in [2.75, 3.05) is 11.9 Å². The first-order valence-electron chi connectivity index (χ1n) is 7.52. The Bertz CT molecular complexity index is 771. The third-order valence-corrected chi connectivity index (χ3v) is 3.74. The minimum Gasteiger partial charge on any atom is -0.336 e. The molecule has 0 unspecified atom stereocenters. The number of anilines is 1. The van der Waals surface area contributed by atoms with Crippen molar-refractivity contribution in [1.82, 2.24) is 15.1 Å². The van der Waals surface area contributed by atoms with E-state index < -0.39 is 6.03 Å². The van der Waals surface area contributed by atoms with Gasteiger partial charge in [0.05, 0.1) is 12.2 Å². The third-order valence-electron chi connectivity index (χ3n) is 3.74. The van der Waals surface area contributed by atoms with Crippen LogP contribution in [-0.4, -0.2) is 22.4 Å². The first kappa shape index (κ1) is 15.2. The summed E-state index contributed by atoms with van der Waals surface area (Å²) in [5, 5.41) is 9.57. The van der Waals surface area contributed by atoms with Crippen LogP contribution < -0.4 is 16.2 Å². The standard InChI is InChI=1S/C16H17FN4O2/c17-12-4-6-13(7-5-12)19-16(23)18-8-9-21-15(22)10-11-2-1-3-14(11)20-21/h4-7,10H,1-3,8-9H2,(H2,18,19,23). The molecule has 23 heavy (non-hydrogen) atoms. The average Bonchev–Trinajstić information content (AvgIpc) is 2.97. The third kappa shape index (κ3) is 3.74. The zero-order valence-electron chi connectivity index (χ0n) is 12.5. The second kappa shape index (κ2) is 6.60. The predicted molar refractivity (Wildman–Crippen MR) is 83.9 cm³/mol. The molecule has 120 valence electrons. The molecule has 2 N–H and O–H groups in total. The summed E-state index contributed by atoms with van der Waals surface area (Å²) in [5.74, 6) is -0.363. The monoisotopic (exact) mass is 316 g/mol. The van der Waals surface area contributed by atoms with E-state index in [1.807, 2.05) is 0 Å². The van der Waals surface area contributed by atoms with Crippen molar-refractivity contribution >= 4 is 11.7 Å². The van der Waals surface area contributed by atoms with Gasteiger partial charge in [-0.25, -0.2) is 13.9 Å². The molecule has 3 rings (SSSR count). The van der Waals surface area contributed by atoms with Gasteiger partial charge in [-0.2, -0.15) is 5.10 Å². The maximum atomic E-state index is 12.8. The van der Waals surface area contributed by atoms with E-state index in [1.54, 1.807) is 6.07 Å². The summed E-state index contributed by atoms with van der Waals surface area (Å²) in [5.41, 5.74) is 2.36. The maximum absolute atomic E-state index is 12.8. The summed E-state index contributed by atoms with van der Waals surface area (Å²) in [7, 11) is 0. The van der Waals surface area contributed by atoms with Crippen LogP contribution in [0.1, 0.15) is 17.7 Å². The average molecular weight is 316 g/mol. The molecular formula is C16H17FN4O2. The van der Waals surface area contributed by atoms with Crippen LogP contribution in [0, 0.1) is 5.82 Å². The number of amides is 2. The molecule has 1 aromatic carbocycles. The Morgan fingerprint density at radius 2 is 2.04 bits per heavy atom. The van der Waals surface area contributed by atoms with Crippen molar-refractivity contribution in [1.29, 1.82) is 0 Å². The Morgan fingerprint density at radius 3 is 2.83 bits per heavy atom. The van der Waals surface area contributed by atoms with Crippen LogP contribution in [0.25, 0.3) is 0 Å². The van der Waals surface area contributed by atoms with Gasteiger partial charge in [0.25, 0.3) is 5.56 Å². The molecule has 0 radical (unpaired) electrons. The van der Waals surface area contributed by atoms with Crippen molar-refractivity contribution in [2.45, 2.75) is 25.8 Å². The summed E-state index contributed by atoms with van der Waals surface area (Å²) >= 11 is 0. The van der Waals surface area contributed by atoms with Gasteiger partial charge in [0, 0.05) is 18.3 Å². The molecule has 1 aromatic heterocycles. The normalized spacial score (nSPS) is 12.7. The number of nitrogens with one attached hydrogen (secondary N) is 2. The number of aromatic nitrogens is 2. The van der Waals surface area contributed by atoms with E-state index in [0.29, 0.717) is 12.2 Å². The van der Waals surface area contributed by atoms with Gasteiger partial charge < -0.3 is 10.6 Å². The van der Waals surface area contributed by atoms with Crippen molar-refractivity contribution in [2.24, 2.45) is 0 Å². The highest BCUT2D eigenvalue weighted by Crippen LogP contribution is 2.16. The fourth-order valence-electron chi connectivity index (χ4n) is 2.58. The topological polar surface area (TPSA) is 76.0 Å². The van der Waals surface area contributed by atoms with Crippen molar-refractivity contribution in [3.05, 3.63) is 57.8 Å². The number of urea groups is 1. The van der Waals surface area contributed by atoms with Crippen LogP contribution in [0.15, 0.2) is 35.1 Å². The number of carbonyl (C=O) groups excluding carboxylic acids is 1. The highest BCUT2D eigenvalue weighted by Gasteiger charge is 2.14. The second-order valence-corrected chi connectivity index (χ2v) is 5.42. The molecule has 0 spiro atoms. The van der Waals surface area contributed by atoms with Crippen LogP contribution in [0.5, 0.6) is 0 Å². The molecule has 1 heterocycles. The Kier molecular flexibility index (Phi) is 4.36. The number of hydrogen-bond donors (Lipinski definition) is 2. The molecule has 6 nitrogen and oxygen atoms in total.